The molecule has 3 atom stereocenters. The van der Waals surface area contributed by atoms with Gasteiger partial charge in [-0.1, -0.05) is 52.0 Å². The molecule has 1 aromatic rings. The fourth-order valence-corrected chi connectivity index (χ4v) is 5.09. The maximum atomic E-state index is 13.0. The minimum Gasteiger partial charge on any atom is -0.497 e. The van der Waals surface area contributed by atoms with Gasteiger partial charge in [0, 0.05) is 6.42 Å². The molecule has 7 heteroatoms. The van der Waals surface area contributed by atoms with Gasteiger partial charge in [-0.05, 0) is 61.0 Å². The molecular formula is C26H41NO5Si. The highest BCUT2D eigenvalue weighted by Gasteiger charge is 2.54. The van der Waals surface area contributed by atoms with Crippen LogP contribution in [0.15, 0.2) is 36.4 Å². The molecule has 1 amide bonds. The first-order valence-electron chi connectivity index (χ1n) is 11.8. The van der Waals surface area contributed by atoms with Gasteiger partial charge >= 0.3 is 5.97 Å². The van der Waals surface area contributed by atoms with Gasteiger partial charge in [-0.15, -0.1) is 0 Å². The number of carbonyl (C=O) groups excluding carboxylic acids is 2. The van der Waals surface area contributed by atoms with Crippen LogP contribution in [-0.2, 0) is 25.2 Å². The van der Waals surface area contributed by atoms with Crippen molar-refractivity contribution in [3.05, 3.63) is 42.0 Å². The second-order valence-corrected chi connectivity index (χ2v) is 15.2. The second-order valence-electron chi connectivity index (χ2n) is 10.4. The normalized spacial score (nSPS) is 21.0. The number of ether oxygens (including phenoxy) is 2. The Kier molecular flexibility index (Phi) is 8.93. The van der Waals surface area contributed by atoms with Crippen molar-refractivity contribution in [3.63, 3.8) is 0 Å². The number of benzene rings is 1. The van der Waals surface area contributed by atoms with Crippen molar-refractivity contribution in [1.29, 1.82) is 0 Å². The van der Waals surface area contributed by atoms with Gasteiger partial charge in [-0.3, -0.25) is 4.79 Å². The Morgan fingerprint density at radius 2 is 1.82 bits per heavy atom. The number of rotatable bonds is 10. The average molecular weight is 476 g/mol. The lowest BCUT2D eigenvalue weighted by atomic mass is 9.88. The Labute approximate surface area is 200 Å². The van der Waals surface area contributed by atoms with Crippen molar-refractivity contribution in [1.82, 2.24) is 5.32 Å². The van der Waals surface area contributed by atoms with E-state index in [1.807, 2.05) is 18.2 Å². The first-order chi connectivity index (χ1) is 15.4. The van der Waals surface area contributed by atoms with E-state index in [4.69, 9.17) is 13.9 Å². The quantitative estimate of drug-likeness (QED) is 0.292. The molecule has 0 bridgehead atoms. The summed E-state index contributed by atoms with van der Waals surface area (Å²) >= 11 is 0. The second kappa shape index (κ2) is 10.9. The van der Waals surface area contributed by atoms with E-state index in [9.17, 15) is 9.59 Å². The molecule has 2 unspecified atom stereocenters. The standard InChI is InChI=1S/C26H41NO5Si/c1-9-19(18-20-10-13-21(30-5)14-11-20)12-15-22(32-33(7,8)25(2,3)4)26(24(29)31-6)17-16-23(28)27-26/h10-15,19,22H,9,16-18H2,1-8H3,(H,27,28)/b15-12+/t19?,22?,26-/m1/s1. The number of methoxy groups -OCH3 is 2. The Balaban J connectivity index is 2.37. The van der Waals surface area contributed by atoms with E-state index in [-0.39, 0.29) is 23.3 Å². The summed E-state index contributed by atoms with van der Waals surface area (Å²) in [6, 6.07) is 8.09. The molecule has 33 heavy (non-hydrogen) atoms. The van der Waals surface area contributed by atoms with Crippen molar-refractivity contribution in [3.8, 4) is 5.75 Å². The smallest absolute Gasteiger partial charge is 0.334 e. The summed E-state index contributed by atoms with van der Waals surface area (Å²) in [5, 5.41) is 2.87. The van der Waals surface area contributed by atoms with Crippen LogP contribution in [-0.4, -0.2) is 46.1 Å². The largest absolute Gasteiger partial charge is 0.497 e. The lowest BCUT2D eigenvalue weighted by Gasteiger charge is -2.43. The van der Waals surface area contributed by atoms with E-state index in [0.717, 1.165) is 18.6 Å². The zero-order valence-electron chi connectivity index (χ0n) is 21.5. The number of esters is 1. The number of allylic oxidation sites excluding steroid dienone is 1. The van der Waals surface area contributed by atoms with Crippen molar-refractivity contribution >= 4 is 20.2 Å². The van der Waals surface area contributed by atoms with Crippen LogP contribution >= 0.6 is 0 Å². The molecule has 0 radical (unpaired) electrons. The van der Waals surface area contributed by atoms with Gasteiger partial charge in [-0.2, -0.15) is 0 Å². The molecule has 0 spiro atoms. The lowest BCUT2D eigenvalue weighted by Crippen LogP contribution is -2.61. The first-order valence-corrected chi connectivity index (χ1v) is 14.7. The Bertz CT molecular complexity index is 843. The third-order valence-electron chi connectivity index (χ3n) is 7.11. The van der Waals surface area contributed by atoms with Crippen LogP contribution in [0, 0.1) is 5.92 Å². The van der Waals surface area contributed by atoms with E-state index >= 15 is 0 Å². The van der Waals surface area contributed by atoms with E-state index < -0.39 is 25.9 Å². The number of amides is 1. The highest BCUT2D eigenvalue weighted by molar-refractivity contribution is 6.74. The van der Waals surface area contributed by atoms with Gasteiger partial charge in [0.2, 0.25) is 5.91 Å². The third-order valence-corrected chi connectivity index (χ3v) is 11.6. The first kappa shape index (κ1) is 27.1. The predicted molar refractivity (Wildman–Crippen MR) is 134 cm³/mol. The van der Waals surface area contributed by atoms with E-state index in [1.165, 1.54) is 12.7 Å². The number of nitrogens with one attached hydrogen (secondary N) is 1. The molecule has 184 valence electrons. The minimum absolute atomic E-state index is 0.0493. The van der Waals surface area contributed by atoms with Crippen LogP contribution < -0.4 is 10.1 Å². The fourth-order valence-electron chi connectivity index (χ4n) is 3.82. The summed E-state index contributed by atoms with van der Waals surface area (Å²) < 4.78 is 17.2. The Morgan fingerprint density at radius 1 is 1.18 bits per heavy atom. The third kappa shape index (κ3) is 6.48. The average Bonchev–Trinajstić information content (AvgIpc) is 3.17. The maximum Gasteiger partial charge on any atom is 0.334 e. The van der Waals surface area contributed by atoms with E-state index in [0.29, 0.717) is 6.42 Å². The van der Waals surface area contributed by atoms with E-state index in [1.54, 1.807) is 7.11 Å². The number of hydrogen-bond donors (Lipinski definition) is 1. The van der Waals surface area contributed by atoms with Crippen LogP contribution in [0.5, 0.6) is 5.75 Å². The molecule has 0 aliphatic carbocycles. The van der Waals surface area contributed by atoms with Gasteiger partial charge in [0.15, 0.2) is 13.9 Å². The van der Waals surface area contributed by atoms with Crippen LogP contribution in [0.4, 0.5) is 0 Å². The van der Waals surface area contributed by atoms with Crippen molar-refractivity contribution in [2.45, 2.75) is 83.2 Å². The van der Waals surface area contributed by atoms with Crippen molar-refractivity contribution in [2.24, 2.45) is 5.92 Å². The molecular weight excluding hydrogens is 434 g/mol. The van der Waals surface area contributed by atoms with Crippen LogP contribution in [0.2, 0.25) is 18.1 Å². The van der Waals surface area contributed by atoms with Gasteiger partial charge in [0.05, 0.1) is 20.3 Å². The molecule has 1 N–H and O–H groups in total. The molecule has 1 saturated heterocycles. The van der Waals surface area contributed by atoms with Crippen LogP contribution in [0.3, 0.4) is 0 Å². The highest BCUT2D eigenvalue weighted by Crippen LogP contribution is 2.40. The summed E-state index contributed by atoms with van der Waals surface area (Å²) in [6.07, 6.45) is 5.97. The zero-order chi connectivity index (χ0) is 24.9. The topological polar surface area (TPSA) is 73.9 Å². The Morgan fingerprint density at radius 3 is 2.27 bits per heavy atom. The van der Waals surface area contributed by atoms with Gasteiger partial charge in [-0.25, -0.2) is 4.79 Å². The monoisotopic (exact) mass is 475 g/mol. The van der Waals surface area contributed by atoms with Gasteiger partial charge in [0.25, 0.3) is 0 Å². The zero-order valence-corrected chi connectivity index (χ0v) is 22.5. The molecule has 0 saturated carbocycles. The Hall–Kier alpha value is -2.12. The van der Waals surface area contributed by atoms with E-state index in [2.05, 4.69) is 64.3 Å². The number of hydrogen-bond acceptors (Lipinski definition) is 5. The summed E-state index contributed by atoms with van der Waals surface area (Å²) in [4.78, 5) is 25.2. The molecule has 1 heterocycles. The fraction of sp³-hybridized carbons (Fsp3) is 0.615. The molecule has 1 aliphatic rings. The van der Waals surface area contributed by atoms with Gasteiger partial charge in [0.1, 0.15) is 5.75 Å². The van der Waals surface area contributed by atoms with Crippen molar-refractivity contribution < 1.29 is 23.5 Å². The lowest BCUT2D eigenvalue weighted by molar-refractivity contribution is -0.152. The SMILES string of the molecule is CCC(/C=C/C(O[Si](C)(C)C(C)(C)C)[C@@]1(C(=O)OC)CCC(=O)N1)Cc1ccc(OC)cc1. The molecule has 1 aromatic carbocycles. The maximum absolute atomic E-state index is 13.0. The summed E-state index contributed by atoms with van der Waals surface area (Å²) in [6.45, 7) is 13.0. The van der Waals surface area contributed by atoms with Crippen LogP contribution in [0.1, 0.15) is 52.5 Å². The summed E-state index contributed by atoms with van der Waals surface area (Å²) in [7, 11) is 0.768. The number of carbonyl (C=O) groups is 2. The molecule has 1 fully saturated rings. The molecule has 1 aliphatic heterocycles. The van der Waals surface area contributed by atoms with Crippen molar-refractivity contribution in [2.75, 3.05) is 14.2 Å². The van der Waals surface area contributed by atoms with Crippen LogP contribution in [0.25, 0.3) is 0 Å². The summed E-state index contributed by atoms with van der Waals surface area (Å²) in [5.41, 5.74) is 0.0157. The highest BCUT2D eigenvalue weighted by atomic mass is 28.4. The molecule has 0 aromatic heterocycles. The summed E-state index contributed by atoms with van der Waals surface area (Å²) in [5.74, 6) is 0.491. The predicted octanol–water partition coefficient (Wildman–Crippen LogP) is 5.03. The molecule has 2 rings (SSSR count). The molecule has 6 nitrogen and oxygen atoms in total. The minimum atomic E-state index is -2.25. The van der Waals surface area contributed by atoms with Gasteiger partial charge < -0.3 is 19.2 Å².